The van der Waals surface area contributed by atoms with E-state index in [1.54, 1.807) is 10.9 Å². The monoisotopic (exact) mass is 286 g/mol. The van der Waals surface area contributed by atoms with Crippen LogP contribution in [0.2, 0.25) is 0 Å². The number of hydrogen-bond donors (Lipinski definition) is 2. The smallest absolute Gasteiger partial charge is 0.243 e. The third kappa shape index (κ3) is 3.77. The Morgan fingerprint density at radius 1 is 1.53 bits per heavy atom. The molecule has 3 N–H and O–H groups in total. The van der Waals surface area contributed by atoms with Gasteiger partial charge in [-0.15, -0.1) is 0 Å². The highest BCUT2D eigenvalue weighted by molar-refractivity contribution is 7.89. The Balaban J connectivity index is 2.00. The van der Waals surface area contributed by atoms with Crippen LogP contribution in [0, 0.1) is 5.92 Å². The van der Waals surface area contributed by atoms with Gasteiger partial charge in [-0.3, -0.25) is 4.68 Å². The molecule has 1 heterocycles. The summed E-state index contributed by atoms with van der Waals surface area (Å²) in [6, 6.07) is 0.0624. The quantitative estimate of drug-likeness (QED) is 0.805. The lowest BCUT2D eigenvalue weighted by Gasteiger charge is -2.11. The van der Waals surface area contributed by atoms with Crippen LogP contribution < -0.4 is 10.5 Å². The average molecular weight is 286 g/mol. The SMILES string of the molecule is CC1CCC(NS(=O)(=O)c2cnn(CCCN)c2)C1. The van der Waals surface area contributed by atoms with Crippen LogP contribution in [0.3, 0.4) is 0 Å². The second kappa shape index (κ2) is 6.02. The highest BCUT2D eigenvalue weighted by Crippen LogP contribution is 2.25. The van der Waals surface area contributed by atoms with Crippen LogP contribution in [-0.4, -0.2) is 30.8 Å². The van der Waals surface area contributed by atoms with E-state index in [2.05, 4.69) is 16.7 Å². The summed E-state index contributed by atoms with van der Waals surface area (Å²) in [6.07, 6.45) is 6.67. The van der Waals surface area contributed by atoms with Crippen molar-refractivity contribution in [3.8, 4) is 0 Å². The molecule has 1 saturated carbocycles. The minimum Gasteiger partial charge on any atom is -0.330 e. The van der Waals surface area contributed by atoms with E-state index < -0.39 is 10.0 Å². The van der Waals surface area contributed by atoms with Crippen molar-refractivity contribution in [2.75, 3.05) is 6.54 Å². The molecular formula is C12H22N4O2S. The molecule has 1 aliphatic carbocycles. The molecule has 108 valence electrons. The number of nitrogens with zero attached hydrogens (tertiary/aromatic N) is 2. The number of nitrogens with two attached hydrogens (primary N) is 1. The lowest BCUT2D eigenvalue weighted by molar-refractivity contribution is 0.538. The zero-order valence-corrected chi connectivity index (χ0v) is 12.1. The van der Waals surface area contributed by atoms with Crippen LogP contribution in [0.15, 0.2) is 17.3 Å². The first kappa shape index (κ1) is 14.5. The predicted octanol–water partition coefficient (Wildman–Crippen LogP) is 0.699. The van der Waals surface area contributed by atoms with E-state index in [0.717, 1.165) is 25.7 Å². The van der Waals surface area contributed by atoms with Crippen LogP contribution in [0.1, 0.15) is 32.6 Å². The van der Waals surface area contributed by atoms with Crippen molar-refractivity contribution >= 4 is 10.0 Å². The van der Waals surface area contributed by atoms with Gasteiger partial charge in [-0.1, -0.05) is 6.92 Å². The van der Waals surface area contributed by atoms with Gasteiger partial charge in [-0.25, -0.2) is 13.1 Å². The topological polar surface area (TPSA) is 90.0 Å². The summed E-state index contributed by atoms with van der Waals surface area (Å²) in [5.41, 5.74) is 5.42. The van der Waals surface area contributed by atoms with Gasteiger partial charge >= 0.3 is 0 Å². The van der Waals surface area contributed by atoms with Crippen molar-refractivity contribution in [3.05, 3.63) is 12.4 Å². The molecule has 0 radical (unpaired) electrons. The van der Waals surface area contributed by atoms with Crippen molar-refractivity contribution in [2.24, 2.45) is 11.7 Å². The maximum Gasteiger partial charge on any atom is 0.243 e. The molecule has 2 unspecified atom stereocenters. The Morgan fingerprint density at radius 3 is 2.95 bits per heavy atom. The number of aromatic nitrogens is 2. The summed E-state index contributed by atoms with van der Waals surface area (Å²) in [6.45, 7) is 3.37. The van der Waals surface area contributed by atoms with Crippen LogP contribution >= 0.6 is 0 Å². The standard InChI is InChI=1S/C12H22N4O2S/c1-10-3-4-11(7-10)15-19(17,18)12-8-14-16(9-12)6-2-5-13/h8-11,15H,2-7,13H2,1H3. The highest BCUT2D eigenvalue weighted by atomic mass is 32.2. The van der Waals surface area contributed by atoms with Crippen molar-refractivity contribution < 1.29 is 8.42 Å². The molecule has 0 amide bonds. The molecule has 0 aliphatic heterocycles. The third-order valence-corrected chi connectivity index (χ3v) is 5.00. The molecular weight excluding hydrogens is 264 g/mol. The summed E-state index contributed by atoms with van der Waals surface area (Å²) in [7, 11) is -3.44. The molecule has 0 saturated heterocycles. The van der Waals surface area contributed by atoms with Crippen molar-refractivity contribution in [3.63, 3.8) is 0 Å². The molecule has 1 aromatic rings. The fraction of sp³-hybridized carbons (Fsp3) is 0.750. The first-order valence-electron chi connectivity index (χ1n) is 6.76. The van der Waals surface area contributed by atoms with E-state index in [1.807, 2.05) is 0 Å². The minimum absolute atomic E-state index is 0.0624. The van der Waals surface area contributed by atoms with Gasteiger partial charge in [-0.05, 0) is 38.1 Å². The van der Waals surface area contributed by atoms with Gasteiger partial charge in [0.05, 0.1) is 6.20 Å². The largest absolute Gasteiger partial charge is 0.330 e. The Morgan fingerprint density at radius 2 is 2.32 bits per heavy atom. The van der Waals surface area contributed by atoms with E-state index in [-0.39, 0.29) is 10.9 Å². The fourth-order valence-corrected chi connectivity index (χ4v) is 3.70. The van der Waals surface area contributed by atoms with Crippen LogP contribution in [0.5, 0.6) is 0 Å². The lowest BCUT2D eigenvalue weighted by atomic mass is 10.1. The Hall–Kier alpha value is -0.920. The second-order valence-corrected chi connectivity index (χ2v) is 7.03. The van der Waals surface area contributed by atoms with Gasteiger partial charge in [-0.2, -0.15) is 5.10 Å². The van der Waals surface area contributed by atoms with Crippen molar-refractivity contribution in [1.82, 2.24) is 14.5 Å². The van der Waals surface area contributed by atoms with E-state index in [0.29, 0.717) is 19.0 Å². The van der Waals surface area contributed by atoms with Crippen LogP contribution in [0.4, 0.5) is 0 Å². The van der Waals surface area contributed by atoms with Crippen LogP contribution in [-0.2, 0) is 16.6 Å². The molecule has 19 heavy (non-hydrogen) atoms. The molecule has 7 heteroatoms. The Labute approximate surface area is 114 Å². The van der Waals surface area contributed by atoms with Crippen molar-refractivity contribution in [1.29, 1.82) is 0 Å². The molecule has 0 bridgehead atoms. The van der Waals surface area contributed by atoms with Gasteiger partial charge < -0.3 is 5.73 Å². The summed E-state index contributed by atoms with van der Waals surface area (Å²) in [4.78, 5) is 0.240. The predicted molar refractivity (Wildman–Crippen MR) is 73.0 cm³/mol. The minimum atomic E-state index is -3.44. The van der Waals surface area contributed by atoms with Gasteiger partial charge in [0.15, 0.2) is 0 Å². The highest BCUT2D eigenvalue weighted by Gasteiger charge is 2.27. The second-order valence-electron chi connectivity index (χ2n) is 5.32. The van der Waals surface area contributed by atoms with E-state index >= 15 is 0 Å². The van der Waals surface area contributed by atoms with E-state index in [9.17, 15) is 8.42 Å². The zero-order chi connectivity index (χ0) is 13.9. The van der Waals surface area contributed by atoms with E-state index in [4.69, 9.17) is 5.73 Å². The first-order valence-corrected chi connectivity index (χ1v) is 8.24. The summed E-state index contributed by atoms with van der Waals surface area (Å²) in [5.74, 6) is 0.597. The summed E-state index contributed by atoms with van der Waals surface area (Å²) >= 11 is 0. The van der Waals surface area contributed by atoms with Crippen LogP contribution in [0.25, 0.3) is 0 Å². The molecule has 1 aromatic heterocycles. The molecule has 1 aliphatic rings. The number of sulfonamides is 1. The Kier molecular flexibility index (Phi) is 4.59. The normalized spacial score (nSPS) is 23.9. The number of nitrogens with one attached hydrogen (secondary N) is 1. The first-order chi connectivity index (χ1) is 9.01. The number of aryl methyl sites for hydroxylation is 1. The van der Waals surface area contributed by atoms with Gasteiger partial charge in [0, 0.05) is 18.8 Å². The van der Waals surface area contributed by atoms with Crippen molar-refractivity contribution in [2.45, 2.75) is 50.1 Å². The molecule has 0 aromatic carbocycles. The molecule has 0 spiro atoms. The number of hydrogen-bond acceptors (Lipinski definition) is 4. The molecule has 2 rings (SSSR count). The third-order valence-electron chi connectivity index (χ3n) is 3.53. The summed E-state index contributed by atoms with van der Waals surface area (Å²) in [5, 5.41) is 4.05. The molecule has 2 atom stereocenters. The van der Waals surface area contributed by atoms with Gasteiger partial charge in [0.25, 0.3) is 0 Å². The summed E-state index contributed by atoms with van der Waals surface area (Å²) < 4.78 is 28.8. The maximum atomic E-state index is 12.2. The van der Waals surface area contributed by atoms with E-state index in [1.165, 1.54) is 6.20 Å². The van der Waals surface area contributed by atoms with Gasteiger partial charge in [0.1, 0.15) is 4.90 Å². The molecule has 1 fully saturated rings. The maximum absolute atomic E-state index is 12.2. The average Bonchev–Trinajstić information content (AvgIpc) is 2.95. The zero-order valence-electron chi connectivity index (χ0n) is 11.2. The lowest BCUT2D eigenvalue weighted by Crippen LogP contribution is -2.32. The van der Waals surface area contributed by atoms with Gasteiger partial charge in [0.2, 0.25) is 10.0 Å². The molecule has 6 nitrogen and oxygen atoms in total. The fourth-order valence-electron chi connectivity index (χ4n) is 2.46. The Bertz CT molecular complexity index is 512. The number of rotatable bonds is 6.